The number of aliphatic imine (C=N–C) groups is 1. The average Bonchev–Trinajstić information content (AvgIpc) is 2.92. The van der Waals surface area contributed by atoms with Gasteiger partial charge in [-0.1, -0.05) is 6.92 Å². The molecule has 214 valence electrons. The van der Waals surface area contributed by atoms with E-state index in [1.54, 1.807) is 12.4 Å². The summed E-state index contributed by atoms with van der Waals surface area (Å²) >= 11 is 0. The van der Waals surface area contributed by atoms with Crippen molar-refractivity contribution in [1.82, 2.24) is 15.5 Å². The zero-order chi connectivity index (χ0) is 28.4. The molecular weight excluding hydrogens is 503 g/mol. The maximum absolute atomic E-state index is 15.9. The minimum atomic E-state index is -0.801. The third kappa shape index (κ3) is 7.56. The fourth-order valence-electron chi connectivity index (χ4n) is 5.51. The number of carbonyl (C=O) groups is 3. The number of anilines is 2. The van der Waals surface area contributed by atoms with Crippen molar-refractivity contribution in [3.63, 3.8) is 0 Å². The molecule has 1 aromatic rings. The van der Waals surface area contributed by atoms with E-state index in [2.05, 4.69) is 20.9 Å². The third-order valence-electron chi connectivity index (χ3n) is 7.86. The molecule has 1 amide bonds. The number of aldehydes is 1. The molecular formula is C28H41FN6O4. The summed E-state index contributed by atoms with van der Waals surface area (Å²) in [6.45, 7) is 4.99. The van der Waals surface area contributed by atoms with Gasteiger partial charge in [-0.05, 0) is 64.3 Å². The number of hydrogen-bond acceptors (Lipinski definition) is 7. The summed E-state index contributed by atoms with van der Waals surface area (Å²) in [5, 5.41) is 18.3. The van der Waals surface area contributed by atoms with Crippen LogP contribution >= 0.6 is 0 Å². The van der Waals surface area contributed by atoms with Gasteiger partial charge < -0.3 is 30.9 Å². The number of aliphatic carboxylic acids is 1. The molecule has 1 fully saturated rings. The zero-order valence-corrected chi connectivity index (χ0v) is 23.1. The molecule has 1 unspecified atom stereocenters. The maximum atomic E-state index is 15.9. The van der Waals surface area contributed by atoms with Crippen LogP contribution in [0.3, 0.4) is 0 Å². The lowest BCUT2D eigenvalue weighted by molar-refractivity contribution is -0.142. The number of carbonyl (C=O) groups excluding carboxylic acids is 2. The number of piperidine rings is 1. The van der Waals surface area contributed by atoms with Crippen molar-refractivity contribution in [3.8, 4) is 0 Å². The van der Waals surface area contributed by atoms with Crippen molar-refractivity contribution in [2.24, 2.45) is 10.9 Å². The van der Waals surface area contributed by atoms with Gasteiger partial charge in [0.05, 0.1) is 12.3 Å². The van der Waals surface area contributed by atoms with Crippen molar-refractivity contribution >= 4 is 36.4 Å². The van der Waals surface area contributed by atoms with Crippen molar-refractivity contribution in [2.45, 2.75) is 50.9 Å². The van der Waals surface area contributed by atoms with Crippen molar-refractivity contribution in [1.29, 1.82) is 0 Å². The Morgan fingerprint density at radius 3 is 2.56 bits per heavy atom. The fraction of sp³-hybridized carbons (Fsp3) is 0.571. The van der Waals surface area contributed by atoms with Crippen molar-refractivity contribution in [2.75, 3.05) is 57.0 Å². The molecule has 4 N–H and O–H groups in total. The molecule has 2 aliphatic heterocycles. The molecule has 2 heterocycles. The first-order valence-electron chi connectivity index (χ1n) is 13.6. The lowest BCUT2D eigenvalue weighted by Gasteiger charge is -2.35. The van der Waals surface area contributed by atoms with E-state index in [9.17, 15) is 19.5 Å². The summed E-state index contributed by atoms with van der Waals surface area (Å²) in [5.74, 6) is -0.939. The van der Waals surface area contributed by atoms with Gasteiger partial charge in [0, 0.05) is 61.2 Å². The number of carboxylic acid groups (broad SMARTS) is 1. The highest BCUT2D eigenvalue weighted by Crippen LogP contribution is 2.40. The van der Waals surface area contributed by atoms with Gasteiger partial charge in [0.15, 0.2) is 0 Å². The van der Waals surface area contributed by atoms with Gasteiger partial charge in [-0.15, -0.1) is 0 Å². The lowest BCUT2D eigenvalue weighted by atomic mass is 9.75. The number of amides is 1. The third-order valence-corrected chi connectivity index (χ3v) is 7.86. The summed E-state index contributed by atoms with van der Waals surface area (Å²) < 4.78 is 15.9. The molecule has 0 radical (unpaired) electrons. The van der Waals surface area contributed by atoms with Crippen LogP contribution in [0, 0.1) is 11.7 Å². The average molecular weight is 545 g/mol. The van der Waals surface area contributed by atoms with Gasteiger partial charge in [0.2, 0.25) is 6.41 Å². The van der Waals surface area contributed by atoms with E-state index in [0.29, 0.717) is 93.0 Å². The SMILES string of the molecule is CNCCC(C)(CCN/C=N/C1=C(C=O)CCCN1C)c1c(F)cc(N2CCC(C(=O)O)CC2)cc1NC=O. The number of halogens is 1. The van der Waals surface area contributed by atoms with Gasteiger partial charge in [-0.25, -0.2) is 9.38 Å². The monoisotopic (exact) mass is 544 g/mol. The van der Waals surface area contributed by atoms with Crippen LogP contribution in [-0.4, -0.2) is 81.8 Å². The largest absolute Gasteiger partial charge is 0.481 e. The number of hydrogen-bond donors (Lipinski definition) is 4. The first kappa shape index (κ1) is 30.1. The van der Waals surface area contributed by atoms with Crippen molar-refractivity contribution < 1.29 is 23.9 Å². The second kappa shape index (κ2) is 14.1. The Bertz CT molecular complexity index is 1090. The van der Waals surface area contributed by atoms with E-state index >= 15 is 4.39 Å². The highest BCUT2D eigenvalue weighted by atomic mass is 19.1. The number of nitrogens with zero attached hydrogens (tertiary/aromatic N) is 3. The predicted molar refractivity (Wildman–Crippen MR) is 151 cm³/mol. The van der Waals surface area contributed by atoms with Crippen LogP contribution < -0.4 is 20.9 Å². The van der Waals surface area contributed by atoms with E-state index in [1.807, 2.05) is 30.8 Å². The quantitative estimate of drug-likeness (QED) is 0.122. The highest BCUT2D eigenvalue weighted by molar-refractivity contribution is 5.78. The number of allylic oxidation sites excluding steroid dienone is 1. The second-order valence-corrected chi connectivity index (χ2v) is 10.6. The molecule has 0 bridgehead atoms. The van der Waals surface area contributed by atoms with Crippen molar-refractivity contribution in [3.05, 3.63) is 34.9 Å². The minimum Gasteiger partial charge on any atom is -0.481 e. The first-order chi connectivity index (χ1) is 18.7. The van der Waals surface area contributed by atoms with Crippen LogP contribution in [0.5, 0.6) is 0 Å². The standard InChI is InChI=1S/C28H41FN6O4/c1-28(8-10-30-2,9-11-31-18-32-26-21(17-36)5-4-12-34(26)3)25-23(29)15-22(16-24(25)33-19-37)35-13-6-20(7-14-35)27(38)39/h15-20,30H,4-14H2,1-3H3,(H,31,32)(H,33,37)(H,38,39). The molecule has 1 saturated heterocycles. The Balaban J connectivity index is 1.80. The normalized spacial score (nSPS) is 18.3. The van der Waals surface area contributed by atoms with E-state index in [1.165, 1.54) is 6.07 Å². The van der Waals surface area contributed by atoms with Crippen LogP contribution in [0.1, 0.15) is 51.0 Å². The summed E-state index contributed by atoms with van der Waals surface area (Å²) in [7, 11) is 3.75. The van der Waals surface area contributed by atoms with Gasteiger partial charge in [-0.2, -0.15) is 0 Å². The number of carboxylic acids is 1. The number of nitrogens with one attached hydrogen (secondary N) is 3. The van der Waals surface area contributed by atoms with Gasteiger partial charge >= 0.3 is 5.97 Å². The summed E-state index contributed by atoms with van der Waals surface area (Å²) in [6.07, 6.45) is 6.80. The van der Waals surface area contributed by atoms with Crippen LogP contribution in [0.15, 0.2) is 28.5 Å². The number of rotatable bonds is 14. The maximum Gasteiger partial charge on any atom is 0.306 e. The summed E-state index contributed by atoms with van der Waals surface area (Å²) in [5.41, 5.74) is 1.53. The summed E-state index contributed by atoms with van der Waals surface area (Å²) in [4.78, 5) is 42.6. The summed E-state index contributed by atoms with van der Waals surface area (Å²) in [6, 6.07) is 3.28. The van der Waals surface area contributed by atoms with E-state index < -0.39 is 23.1 Å². The Morgan fingerprint density at radius 2 is 1.92 bits per heavy atom. The predicted octanol–water partition coefficient (Wildman–Crippen LogP) is 2.71. The lowest BCUT2D eigenvalue weighted by Crippen LogP contribution is -2.37. The van der Waals surface area contributed by atoms with Gasteiger partial charge in [-0.3, -0.25) is 14.4 Å². The molecule has 1 aromatic carbocycles. The molecule has 10 nitrogen and oxygen atoms in total. The first-order valence-corrected chi connectivity index (χ1v) is 13.6. The fourth-order valence-corrected chi connectivity index (χ4v) is 5.51. The molecule has 11 heteroatoms. The van der Waals surface area contributed by atoms with Gasteiger partial charge in [0.1, 0.15) is 17.9 Å². The van der Waals surface area contributed by atoms with Gasteiger partial charge in [0.25, 0.3) is 0 Å². The van der Waals surface area contributed by atoms with Crippen LogP contribution in [0.4, 0.5) is 15.8 Å². The van der Waals surface area contributed by atoms with Crippen LogP contribution in [0.25, 0.3) is 0 Å². The van der Waals surface area contributed by atoms with Crippen LogP contribution in [-0.2, 0) is 19.8 Å². The zero-order valence-electron chi connectivity index (χ0n) is 23.1. The molecule has 1 atom stereocenters. The smallest absolute Gasteiger partial charge is 0.306 e. The Labute approximate surface area is 229 Å². The molecule has 0 aliphatic carbocycles. The van der Waals surface area contributed by atoms with Crippen LogP contribution in [0.2, 0.25) is 0 Å². The Morgan fingerprint density at radius 1 is 1.21 bits per heavy atom. The minimum absolute atomic E-state index is 0.390. The molecule has 2 aliphatic rings. The van der Waals surface area contributed by atoms with E-state index in [-0.39, 0.29) is 0 Å². The molecule has 0 spiro atoms. The van der Waals surface area contributed by atoms with E-state index in [4.69, 9.17) is 0 Å². The number of benzene rings is 1. The highest BCUT2D eigenvalue weighted by Gasteiger charge is 2.33. The second-order valence-electron chi connectivity index (χ2n) is 10.6. The molecule has 0 saturated carbocycles. The topological polar surface area (TPSA) is 126 Å². The molecule has 0 aromatic heterocycles. The molecule has 39 heavy (non-hydrogen) atoms. The molecule has 3 rings (SSSR count). The Kier molecular flexibility index (Phi) is 10.8. The Hall–Kier alpha value is -3.47. The van der Waals surface area contributed by atoms with E-state index in [0.717, 1.165) is 19.3 Å².